The summed E-state index contributed by atoms with van der Waals surface area (Å²) in [5.41, 5.74) is 3.99. The minimum atomic E-state index is 0.0371. The maximum absolute atomic E-state index is 12.6. The monoisotopic (exact) mass is 393 g/mol. The number of benzene rings is 2. The third kappa shape index (κ3) is 4.36. The second-order valence-corrected chi connectivity index (χ2v) is 7.58. The number of hydrogen-bond acceptors (Lipinski definition) is 5. The highest BCUT2D eigenvalue weighted by Gasteiger charge is 2.27. The smallest absolute Gasteiger partial charge is 0.298 e. The van der Waals surface area contributed by atoms with Gasteiger partial charge in [-0.2, -0.15) is 4.98 Å². The van der Waals surface area contributed by atoms with Crippen molar-refractivity contribution in [3.05, 3.63) is 53.6 Å². The number of rotatable bonds is 6. The molecule has 6 nitrogen and oxygen atoms in total. The summed E-state index contributed by atoms with van der Waals surface area (Å²) in [5.74, 6) is 1.04. The van der Waals surface area contributed by atoms with E-state index in [-0.39, 0.29) is 11.8 Å². The van der Waals surface area contributed by atoms with Gasteiger partial charge in [0, 0.05) is 25.6 Å². The fraction of sp³-hybridized carbons (Fsp3) is 0.391. The molecule has 0 atom stereocenters. The summed E-state index contributed by atoms with van der Waals surface area (Å²) < 4.78 is 11.3. The number of carbonyl (C=O) groups excluding carboxylic acids is 1. The van der Waals surface area contributed by atoms with E-state index < -0.39 is 0 Å². The topological polar surface area (TPSA) is 67.6 Å². The summed E-state index contributed by atoms with van der Waals surface area (Å²) in [7, 11) is 1.68. The molecule has 0 bridgehead atoms. The Morgan fingerprint density at radius 1 is 1.24 bits per heavy atom. The van der Waals surface area contributed by atoms with Gasteiger partial charge in [0.15, 0.2) is 5.58 Å². The SMILES string of the molecule is COc1ccc(C)cc1CCNC(=O)C1CCN(c2nc3ccccc3o2)CC1. The molecule has 0 radical (unpaired) electrons. The van der Waals surface area contributed by atoms with Crippen molar-refractivity contribution in [3.63, 3.8) is 0 Å². The number of anilines is 1. The van der Waals surface area contributed by atoms with Gasteiger partial charge in [0.1, 0.15) is 11.3 Å². The van der Waals surface area contributed by atoms with Crippen LogP contribution in [0.3, 0.4) is 0 Å². The average molecular weight is 393 g/mol. The molecular weight excluding hydrogens is 366 g/mol. The van der Waals surface area contributed by atoms with E-state index in [1.165, 1.54) is 5.56 Å². The number of fused-ring (bicyclic) bond motifs is 1. The van der Waals surface area contributed by atoms with Gasteiger partial charge in [-0.25, -0.2) is 0 Å². The number of oxazole rings is 1. The second-order valence-electron chi connectivity index (χ2n) is 7.58. The molecule has 29 heavy (non-hydrogen) atoms. The lowest BCUT2D eigenvalue weighted by Crippen LogP contribution is -2.41. The van der Waals surface area contributed by atoms with Crippen molar-refractivity contribution in [1.82, 2.24) is 10.3 Å². The molecule has 0 aliphatic carbocycles. The van der Waals surface area contributed by atoms with Gasteiger partial charge in [-0.15, -0.1) is 0 Å². The predicted molar refractivity (Wildman–Crippen MR) is 113 cm³/mol. The van der Waals surface area contributed by atoms with Crippen LogP contribution in [0, 0.1) is 12.8 Å². The van der Waals surface area contributed by atoms with E-state index in [1.54, 1.807) is 7.11 Å². The Labute approximate surface area is 170 Å². The van der Waals surface area contributed by atoms with E-state index in [9.17, 15) is 4.79 Å². The molecule has 1 aliphatic heterocycles. The number of aromatic nitrogens is 1. The molecule has 1 aliphatic rings. The number of nitrogens with one attached hydrogen (secondary N) is 1. The quantitative estimate of drug-likeness (QED) is 0.691. The summed E-state index contributed by atoms with van der Waals surface area (Å²) in [4.78, 5) is 19.3. The van der Waals surface area contributed by atoms with Gasteiger partial charge in [-0.3, -0.25) is 4.79 Å². The molecule has 1 fully saturated rings. The summed E-state index contributed by atoms with van der Waals surface area (Å²) in [5, 5.41) is 3.10. The van der Waals surface area contributed by atoms with Crippen LogP contribution in [-0.2, 0) is 11.2 Å². The molecule has 1 amide bonds. The molecule has 0 spiro atoms. The van der Waals surface area contributed by atoms with Gasteiger partial charge >= 0.3 is 0 Å². The summed E-state index contributed by atoms with van der Waals surface area (Å²) >= 11 is 0. The van der Waals surface area contributed by atoms with E-state index in [2.05, 4.69) is 28.2 Å². The zero-order valence-electron chi connectivity index (χ0n) is 17.0. The van der Waals surface area contributed by atoms with Gasteiger partial charge in [0.25, 0.3) is 6.01 Å². The number of methoxy groups -OCH3 is 1. The number of amides is 1. The molecule has 0 unspecified atom stereocenters. The molecule has 1 saturated heterocycles. The predicted octanol–water partition coefficient (Wildman–Crippen LogP) is 3.72. The second kappa shape index (κ2) is 8.55. The number of piperidine rings is 1. The van der Waals surface area contributed by atoms with Crippen LogP contribution < -0.4 is 15.0 Å². The Morgan fingerprint density at radius 2 is 2.03 bits per heavy atom. The van der Waals surface area contributed by atoms with Crippen LogP contribution in [0.25, 0.3) is 11.1 Å². The first-order chi connectivity index (χ1) is 14.1. The van der Waals surface area contributed by atoms with E-state index in [4.69, 9.17) is 9.15 Å². The molecule has 0 saturated carbocycles. The van der Waals surface area contributed by atoms with Crippen LogP contribution in [0.5, 0.6) is 5.75 Å². The summed E-state index contributed by atoms with van der Waals surface area (Å²) in [6.45, 7) is 4.23. The minimum Gasteiger partial charge on any atom is -0.496 e. The molecule has 2 heterocycles. The van der Waals surface area contributed by atoms with Crippen LogP contribution >= 0.6 is 0 Å². The van der Waals surface area contributed by atoms with Gasteiger partial charge in [-0.1, -0.05) is 29.8 Å². The molecule has 3 aromatic rings. The van der Waals surface area contributed by atoms with Gasteiger partial charge in [0.2, 0.25) is 5.91 Å². The normalized spacial score (nSPS) is 14.9. The fourth-order valence-corrected chi connectivity index (χ4v) is 3.90. The Bertz CT molecular complexity index is 957. The standard InChI is InChI=1S/C23H27N3O3/c1-16-7-8-20(28-2)18(15-16)9-12-24-22(27)17-10-13-26(14-11-17)23-25-19-5-3-4-6-21(19)29-23/h3-8,15,17H,9-14H2,1-2H3,(H,24,27). The number of hydrogen-bond donors (Lipinski definition) is 1. The average Bonchev–Trinajstić information content (AvgIpc) is 3.18. The number of nitrogens with zero attached hydrogens (tertiary/aromatic N) is 2. The minimum absolute atomic E-state index is 0.0371. The zero-order chi connectivity index (χ0) is 20.2. The molecule has 1 aromatic heterocycles. The highest BCUT2D eigenvalue weighted by molar-refractivity contribution is 5.79. The number of aryl methyl sites for hydroxylation is 1. The first-order valence-electron chi connectivity index (χ1n) is 10.2. The van der Waals surface area contributed by atoms with Gasteiger partial charge < -0.3 is 19.4 Å². The summed E-state index contributed by atoms with van der Waals surface area (Å²) in [6.07, 6.45) is 2.37. The molecule has 1 N–H and O–H groups in total. The van der Waals surface area contributed by atoms with Crippen molar-refractivity contribution in [2.45, 2.75) is 26.2 Å². The van der Waals surface area contributed by atoms with Crippen molar-refractivity contribution in [2.24, 2.45) is 5.92 Å². The number of para-hydroxylation sites is 2. The van der Waals surface area contributed by atoms with Crippen molar-refractivity contribution in [2.75, 3.05) is 31.6 Å². The summed E-state index contributed by atoms with van der Waals surface area (Å²) in [6, 6.07) is 14.6. The van der Waals surface area contributed by atoms with Crippen molar-refractivity contribution < 1.29 is 13.9 Å². The third-order valence-electron chi connectivity index (χ3n) is 5.55. The highest BCUT2D eigenvalue weighted by Crippen LogP contribution is 2.26. The maximum Gasteiger partial charge on any atom is 0.298 e. The lowest BCUT2D eigenvalue weighted by atomic mass is 9.96. The Kier molecular flexibility index (Phi) is 5.69. The van der Waals surface area contributed by atoms with Gasteiger partial charge in [-0.05, 0) is 49.9 Å². The first kappa shape index (κ1) is 19.3. The molecule has 152 valence electrons. The van der Waals surface area contributed by atoms with Crippen LogP contribution in [-0.4, -0.2) is 37.6 Å². The van der Waals surface area contributed by atoms with E-state index in [0.717, 1.165) is 54.8 Å². The highest BCUT2D eigenvalue weighted by atomic mass is 16.5. The Balaban J connectivity index is 1.27. The lowest BCUT2D eigenvalue weighted by Gasteiger charge is -2.30. The number of ether oxygens (including phenoxy) is 1. The number of carbonyl (C=O) groups is 1. The van der Waals surface area contributed by atoms with Crippen LogP contribution in [0.1, 0.15) is 24.0 Å². The van der Waals surface area contributed by atoms with Gasteiger partial charge in [0.05, 0.1) is 7.11 Å². The fourth-order valence-electron chi connectivity index (χ4n) is 3.90. The van der Waals surface area contributed by atoms with Crippen LogP contribution in [0.15, 0.2) is 46.9 Å². The molecule has 4 rings (SSSR count). The molecule has 2 aromatic carbocycles. The van der Waals surface area contributed by atoms with E-state index >= 15 is 0 Å². The Morgan fingerprint density at radius 3 is 2.79 bits per heavy atom. The van der Waals surface area contributed by atoms with Crippen LogP contribution in [0.2, 0.25) is 0 Å². The Hall–Kier alpha value is -3.02. The largest absolute Gasteiger partial charge is 0.496 e. The van der Waals surface area contributed by atoms with Crippen LogP contribution in [0.4, 0.5) is 6.01 Å². The maximum atomic E-state index is 12.6. The van der Waals surface area contributed by atoms with E-state index in [1.807, 2.05) is 36.4 Å². The van der Waals surface area contributed by atoms with Crippen molar-refractivity contribution in [1.29, 1.82) is 0 Å². The molecular formula is C23H27N3O3. The van der Waals surface area contributed by atoms with Crippen molar-refractivity contribution in [3.8, 4) is 5.75 Å². The third-order valence-corrected chi connectivity index (χ3v) is 5.55. The zero-order valence-corrected chi connectivity index (χ0v) is 17.0. The van der Waals surface area contributed by atoms with E-state index in [0.29, 0.717) is 12.6 Å². The molecule has 6 heteroatoms. The van der Waals surface area contributed by atoms with Crippen molar-refractivity contribution >= 4 is 23.0 Å². The lowest BCUT2D eigenvalue weighted by molar-refractivity contribution is -0.125. The first-order valence-corrected chi connectivity index (χ1v) is 10.2.